The fraction of sp³-hybridized carbons (Fsp3) is 0.562. The minimum Gasteiger partial charge on any atom is -0.494 e. The van der Waals surface area contributed by atoms with Gasteiger partial charge in [-0.15, -0.1) is 0 Å². The number of rotatable bonds is 10. The van der Waals surface area contributed by atoms with Gasteiger partial charge in [0, 0.05) is 6.42 Å². The maximum Gasteiger partial charge on any atom is 0.303 e. The molecule has 3 heteroatoms. The molecule has 0 aromatic heterocycles. The van der Waals surface area contributed by atoms with Crippen LogP contribution in [0.25, 0.3) is 0 Å². The second kappa shape index (κ2) is 9.42. The summed E-state index contributed by atoms with van der Waals surface area (Å²) in [6, 6.07) is 8.27. The van der Waals surface area contributed by atoms with Crippen LogP contribution in [0, 0.1) is 0 Å². The molecule has 0 unspecified atom stereocenters. The average molecular weight is 264 g/mol. The Morgan fingerprint density at radius 3 is 2.47 bits per heavy atom. The summed E-state index contributed by atoms with van der Waals surface area (Å²) in [5.74, 6) is 0.182. The first-order valence-corrected chi connectivity index (χ1v) is 7.16. The highest BCUT2D eigenvalue weighted by Crippen LogP contribution is 2.14. The summed E-state index contributed by atoms with van der Waals surface area (Å²) in [6.45, 7) is 2.86. The van der Waals surface area contributed by atoms with Gasteiger partial charge in [-0.3, -0.25) is 4.79 Å². The molecule has 19 heavy (non-hydrogen) atoms. The van der Waals surface area contributed by atoms with Gasteiger partial charge in [-0.1, -0.05) is 25.5 Å². The third-order valence-electron chi connectivity index (χ3n) is 3.05. The Labute approximate surface area is 115 Å². The average Bonchev–Trinajstić information content (AvgIpc) is 2.41. The molecule has 1 N–H and O–H groups in total. The fourth-order valence-electron chi connectivity index (χ4n) is 1.88. The molecule has 0 bridgehead atoms. The third kappa shape index (κ3) is 7.50. The predicted molar refractivity (Wildman–Crippen MR) is 76.7 cm³/mol. The Balaban J connectivity index is 2.14. The molecule has 0 fully saturated rings. The molecule has 1 aromatic rings. The van der Waals surface area contributed by atoms with Crippen molar-refractivity contribution in [1.82, 2.24) is 0 Å². The van der Waals surface area contributed by atoms with Crippen LogP contribution in [-0.2, 0) is 11.2 Å². The van der Waals surface area contributed by atoms with Crippen molar-refractivity contribution < 1.29 is 14.6 Å². The lowest BCUT2D eigenvalue weighted by molar-refractivity contribution is -0.137. The number of benzene rings is 1. The van der Waals surface area contributed by atoms with Gasteiger partial charge in [-0.2, -0.15) is 0 Å². The van der Waals surface area contributed by atoms with E-state index in [1.54, 1.807) is 0 Å². The molecule has 0 aliphatic rings. The topological polar surface area (TPSA) is 46.5 Å². The van der Waals surface area contributed by atoms with Gasteiger partial charge in [0.1, 0.15) is 5.75 Å². The number of carboxylic acid groups (broad SMARTS) is 1. The van der Waals surface area contributed by atoms with Gasteiger partial charge in [0.05, 0.1) is 6.61 Å². The highest BCUT2D eigenvalue weighted by Gasteiger charge is 1.98. The number of unbranched alkanes of at least 4 members (excludes halogenated alkanes) is 3. The van der Waals surface area contributed by atoms with Gasteiger partial charge >= 0.3 is 5.97 Å². The number of aliphatic carboxylic acids is 1. The molecule has 1 rings (SSSR count). The summed E-state index contributed by atoms with van der Waals surface area (Å²) in [4.78, 5) is 10.3. The van der Waals surface area contributed by atoms with E-state index in [9.17, 15) is 4.79 Å². The van der Waals surface area contributed by atoms with E-state index in [1.165, 1.54) is 18.4 Å². The van der Waals surface area contributed by atoms with E-state index in [2.05, 4.69) is 19.1 Å². The minimum atomic E-state index is -0.719. The lowest BCUT2D eigenvalue weighted by Crippen LogP contribution is -1.99. The first-order chi connectivity index (χ1) is 9.22. The number of hydrogen-bond donors (Lipinski definition) is 1. The molecule has 0 saturated heterocycles. The van der Waals surface area contributed by atoms with Crippen LogP contribution in [0.3, 0.4) is 0 Å². The number of carboxylic acids is 1. The van der Waals surface area contributed by atoms with Crippen molar-refractivity contribution in [3.63, 3.8) is 0 Å². The van der Waals surface area contributed by atoms with Crippen molar-refractivity contribution in [3.05, 3.63) is 29.8 Å². The van der Waals surface area contributed by atoms with Gasteiger partial charge in [-0.05, 0) is 49.8 Å². The standard InChI is InChI=1S/C16H24O3/c1-2-3-7-14-9-11-15(12-10-14)19-13-6-4-5-8-16(17)18/h9-12H,2-8,13H2,1H3,(H,17,18). The zero-order valence-electron chi connectivity index (χ0n) is 11.7. The van der Waals surface area contributed by atoms with Crippen molar-refractivity contribution in [2.75, 3.05) is 6.61 Å². The zero-order chi connectivity index (χ0) is 13.9. The largest absolute Gasteiger partial charge is 0.494 e. The van der Waals surface area contributed by atoms with E-state index in [1.807, 2.05) is 12.1 Å². The summed E-state index contributed by atoms with van der Waals surface area (Å²) in [6.07, 6.45) is 6.37. The van der Waals surface area contributed by atoms with E-state index in [0.717, 1.165) is 31.4 Å². The number of carbonyl (C=O) groups is 1. The van der Waals surface area contributed by atoms with E-state index >= 15 is 0 Å². The molecule has 3 nitrogen and oxygen atoms in total. The van der Waals surface area contributed by atoms with Gasteiger partial charge in [0.2, 0.25) is 0 Å². The highest BCUT2D eigenvalue weighted by molar-refractivity contribution is 5.66. The fourth-order valence-corrected chi connectivity index (χ4v) is 1.88. The van der Waals surface area contributed by atoms with Crippen molar-refractivity contribution in [2.24, 2.45) is 0 Å². The summed E-state index contributed by atoms with van der Waals surface area (Å²) < 4.78 is 5.63. The van der Waals surface area contributed by atoms with E-state index < -0.39 is 5.97 Å². The summed E-state index contributed by atoms with van der Waals surface area (Å²) >= 11 is 0. The first-order valence-electron chi connectivity index (χ1n) is 7.16. The summed E-state index contributed by atoms with van der Waals surface area (Å²) in [5.41, 5.74) is 1.36. The Kier molecular flexibility index (Phi) is 7.71. The predicted octanol–water partition coefficient (Wildman–Crippen LogP) is 4.05. The number of aryl methyl sites for hydroxylation is 1. The molecule has 0 heterocycles. The number of hydrogen-bond acceptors (Lipinski definition) is 2. The monoisotopic (exact) mass is 264 g/mol. The Morgan fingerprint density at radius 2 is 1.84 bits per heavy atom. The van der Waals surface area contributed by atoms with Crippen LogP contribution in [0.5, 0.6) is 5.75 Å². The molecule has 0 atom stereocenters. The maximum absolute atomic E-state index is 10.3. The molecule has 0 saturated carbocycles. The molecule has 0 spiro atoms. The minimum absolute atomic E-state index is 0.256. The van der Waals surface area contributed by atoms with Crippen molar-refractivity contribution >= 4 is 5.97 Å². The van der Waals surface area contributed by atoms with Crippen LogP contribution in [0.1, 0.15) is 51.0 Å². The summed E-state index contributed by atoms with van der Waals surface area (Å²) in [5, 5.41) is 8.50. The summed E-state index contributed by atoms with van der Waals surface area (Å²) in [7, 11) is 0. The molecule has 0 aliphatic heterocycles. The van der Waals surface area contributed by atoms with Crippen LogP contribution in [0.15, 0.2) is 24.3 Å². The van der Waals surface area contributed by atoms with Gasteiger partial charge < -0.3 is 9.84 Å². The van der Waals surface area contributed by atoms with Gasteiger partial charge in [0.15, 0.2) is 0 Å². The molecule has 106 valence electrons. The Bertz CT molecular complexity index is 357. The molecular weight excluding hydrogens is 240 g/mol. The Hall–Kier alpha value is -1.51. The van der Waals surface area contributed by atoms with Gasteiger partial charge in [-0.25, -0.2) is 0 Å². The van der Waals surface area contributed by atoms with E-state index in [-0.39, 0.29) is 6.42 Å². The lowest BCUT2D eigenvalue weighted by atomic mass is 10.1. The van der Waals surface area contributed by atoms with E-state index in [4.69, 9.17) is 9.84 Å². The van der Waals surface area contributed by atoms with E-state index in [0.29, 0.717) is 6.61 Å². The lowest BCUT2D eigenvalue weighted by Gasteiger charge is -2.07. The van der Waals surface area contributed by atoms with Crippen molar-refractivity contribution in [3.8, 4) is 5.75 Å². The maximum atomic E-state index is 10.3. The van der Waals surface area contributed by atoms with Crippen LogP contribution < -0.4 is 4.74 Å². The van der Waals surface area contributed by atoms with Crippen LogP contribution in [-0.4, -0.2) is 17.7 Å². The molecule has 0 amide bonds. The smallest absolute Gasteiger partial charge is 0.303 e. The zero-order valence-corrected chi connectivity index (χ0v) is 11.7. The van der Waals surface area contributed by atoms with Crippen LogP contribution >= 0.6 is 0 Å². The third-order valence-corrected chi connectivity index (χ3v) is 3.05. The second-order valence-corrected chi connectivity index (χ2v) is 4.80. The molecule has 1 aromatic carbocycles. The second-order valence-electron chi connectivity index (χ2n) is 4.80. The van der Waals surface area contributed by atoms with Crippen LogP contribution in [0.2, 0.25) is 0 Å². The highest BCUT2D eigenvalue weighted by atomic mass is 16.5. The SMILES string of the molecule is CCCCc1ccc(OCCCCCC(=O)O)cc1. The van der Waals surface area contributed by atoms with Crippen molar-refractivity contribution in [2.45, 2.75) is 51.9 Å². The molecule has 0 radical (unpaired) electrons. The van der Waals surface area contributed by atoms with Gasteiger partial charge in [0.25, 0.3) is 0 Å². The quantitative estimate of drug-likeness (QED) is 0.648. The van der Waals surface area contributed by atoms with Crippen molar-refractivity contribution in [1.29, 1.82) is 0 Å². The molecule has 0 aliphatic carbocycles. The number of ether oxygens (including phenoxy) is 1. The molecular formula is C16H24O3. The first kappa shape index (κ1) is 15.5. The normalized spacial score (nSPS) is 10.4. The van der Waals surface area contributed by atoms with Crippen LogP contribution in [0.4, 0.5) is 0 Å². The Morgan fingerprint density at radius 1 is 1.11 bits per heavy atom.